The average molecular weight is 878 g/mol. The molecule has 340 valence electrons. The van der Waals surface area contributed by atoms with Crippen molar-refractivity contribution in [3.05, 3.63) is 57.7 Å². The number of carbonyl (C=O) groups is 5. The Morgan fingerprint density at radius 3 is 2.48 bits per heavy atom. The number of hydrogen-bond acceptors (Lipinski definition) is 15. The van der Waals surface area contributed by atoms with Gasteiger partial charge >= 0.3 is 17.9 Å². The van der Waals surface area contributed by atoms with E-state index >= 15 is 4.39 Å². The lowest BCUT2D eigenvalue weighted by Crippen LogP contribution is -2.61. The fraction of sp³-hybridized carbons (Fsp3) is 0.609. The summed E-state index contributed by atoms with van der Waals surface area (Å²) in [6.07, 6.45) is 6.25. The molecular formula is C46H56FN3O13. The summed E-state index contributed by atoms with van der Waals surface area (Å²) >= 11 is 0. The highest BCUT2D eigenvalue weighted by Gasteiger charge is 2.68. The van der Waals surface area contributed by atoms with Crippen LogP contribution in [0, 0.1) is 34.4 Å². The van der Waals surface area contributed by atoms with E-state index in [-0.39, 0.29) is 65.3 Å². The molecule has 0 radical (unpaired) electrons. The number of aromatic nitrogens is 1. The Morgan fingerprint density at radius 2 is 1.78 bits per heavy atom. The Morgan fingerprint density at radius 1 is 1.05 bits per heavy atom. The van der Waals surface area contributed by atoms with Crippen LogP contribution in [0.5, 0.6) is 5.75 Å². The lowest BCUT2D eigenvalue weighted by Gasteiger charge is -2.59. The van der Waals surface area contributed by atoms with Gasteiger partial charge in [-0.15, -0.1) is 0 Å². The molecule has 1 saturated heterocycles. The van der Waals surface area contributed by atoms with Crippen molar-refractivity contribution in [2.75, 3.05) is 45.0 Å². The maximum Gasteiger partial charge on any atom is 0.346 e. The van der Waals surface area contributed by atoms with Crippen LogP contribution in [0.4, 0.5) is 10.1 Å². The van der Waals surface area contributed by atoms with Crippen molar-refractivity contribution in [3.8, 4) is 5.75 Å². The van der Waals surface area contributed by atoms with Gasteiger partial charge in [0, 0.05) is 54.7 Å². The third-order valence-electron chi connectivity index (χ3n) is 14.9. The first-order valence-corrected chi connectivity index (χ1v) is 21.9. The number of nitrogens with one attached hydrogen (secondary N) is 1. The van der Waals surface area contributed by atoms with Gasteiger partial charge in [0.2, 0.25) is 18.0 Å². The SMILES string of the molecule is COc1c(N2CCNC(C)C2)c(F)cc2c(=O)c(C(=O)OCOC(=O)CC(O)CC(=O)OCC(=O)[C@@]3(O)CCC4C5CCC6=CC(=O)C=C[C@]6(C)C5[C@@H](O)C[C@@]43C)cn(C3CC3)c12. The largest absolute Gasteiger partial charge is 0.492 e. The zero-order valence-corrected chi connectivity index (χ0v) is 36.0. The molecule has 0 bridgehead atoms. The molecule has 2 aromatic rings. The number of aliphatic hydroxyl groups excluding tert-OH is 2. The molecule has 17 heteroatoms. The lowest BCUT2D eigenvalue weighted by atomic mass is 9.46. The van der Waals surface area contributed by atoms with Gasteiger partial charge in [-0.3, -0.25) is 24.0 Å². The molecule has 4 saturated carbocycles. The van der Waals surface area contributed by atoms with Crippen molar-refractivity contribution in [1.29, 1.82) is 0 Å². The highest BCUT2D eigenvalue weighted by Crippen LogP contribution is 2.67. The van der Waals surface area contributed by atoms with Gasteiger partial charge < -0.3 is 49.1 Å². The highest BCUT2D eigenvalue weighted by molar-refractivity contribution is 6.01. The van der Waals surface area contributed by atoms with Gasteiger partial charge in [-0.2, -0.15) is 0 Å². The smallest absolute Gasteiger partial charge is 0.346 e. The number of hydrogen-bond donors (Lipinski definition) is 4. The molecule has 63 heavy (non-hydrogen) atoms. The second-order valence-electron chi connectivity index (χ2n) is 18.8. The molecule has 8 rings (SSSR count). The number of allylic oxidation sites excluding steroid dienone is 4. The van der Waals surface area contributed by atoms with Crippen molar-refractivity contribution in [1.82, 2.24) is 9.88 Å². The number of methoxy groups -OCH3 is 1. The Bertz CT molecular complexity index is 2360. The summed E-state index contributed by atoms with van der Waals surface area (Å²) in [4.78, 5) is 79.7. The standard InChI is InChI=1S/C46H56FN3O13/c1-24-20-49(14-13-48-24)40-33(47)18-30-39(42(40)60-4)50(26-6-7-26)21-31(41(30)57)43(58)63-23-62-37(56)17-28(52)16-36(55)61-22-35(54)46(59)12-10-32-29-8-5-25-15-27(51)9-11-44(25,2)38(29)34(53)19-45(32,46)3/h9,11,15,18,21,24,26,28-29,32,34,38,48,52-53,59H,5-8,10,12-14,16-17,19-20,22-23H2,1-4H3/t24?,28?,29?,32?,34-,38?,44-,45-,46-/m0/s1. The molecule has 5 aliphatic carbocycles. The summed E-state index contributed by atoms with van der Waals surface area (Å²) in [6, 6.07) is 1.12. The number of pyridine rings is 1. The number of halogens is 1. The van der Waals surface area contributed by atoms with Crippen LogP contribution in [0.15, 0.2) is 40.9 Å². The fourth-order valence-electron chi connectivity index (χ4n) is 11.7. The van der Waals surface area contributed by atoms with Crippen LogP contribution in [0.25, 0.3) is 10.9 Å². The Balaban J connectivity index is 0.837. The van der Waals surface area contributed by atoms with Crippen LogP contribution in [-0.2, 0) is 33.4 Å². The fourth-order valence-corrected chi connectivity index (χ4v) is 11.7. The number of fused-ring (bicyclic) bond motifs is 6. The van der Waals surface area contributed by atoms with Crippen LogP contribution in [0.2, 0.25) is 0 Å². The van der Waals surface area contributed by atoms with Gasteiger partial charge in [-0.1, -0.05) is 25.5 Å². The van der Waals surface area contributed by atoms with E-state index in [1.165, 1.54) is 13.3 Å². The average Bonchev–Trinajstić information content (AvgIpc) is 4.04. The number of esters is 3. The maximum atomic E-state index is 15.8. The molecule has 5 unspecified atom stereocenters. The molecule has 9 atom stereocenters. The quantitative estimate of drug-likeness (QED) is 0.168. The maximum absolute atomic E-state index is 15.8. The number of anilines is 1. The zero-order valence-electron chi connectivity index (χ0n) is 36.0. The van der Waals surface area contributed by atoms with Crippen LogP contribution < -0.4 is 20.4 Å². The first-order valence-electron chi connectivity index (χ1n) is 21.9. The number of aliphatic hydroxyl groups is 3. The Labute approximate surface area is 363 Å². The predicted molar refractivity (Wildman–Crippen MR) is 223 cm³/mol. The number of benzene rings is 1. The first-order chi connectivity index (χ1) is 29.9. The number of rotatable bonds is 13. The molecule has 1 aromatic carbocycles. The molecule has 5 fully saturated rings. The minimum Gasteiger partial charge on any atom is -0.492 e. The number of nitrogens with zero attached hydrogens (tertiary/aromatic N) is 2. The number of ketones is 2. The van der Waals surface area contributed by atoms with Crippen LogP contribution >= 0.6 is 0 Å². The van der Waals surface area contributed by atoms with Crippen molar-refractivity contribution in [2.45, 2.75) is 108 Å². The minimum atomic E-state index is -1.88. The van der Waals surface area contributed by atoms with Crippen LogP contribution in [0.3, 0.4) is 0 Å². The summed E-state index contributed by atoms with van der Waals surface area (Å²) in [6.45, 7) is 5.78. The number of Topliss-reactive ketones (excluding diaryl/α,β-unsaturated/α-hetero) is 1. The topological polar surface area (TPSA) is 220 Å². The van der Waals surface area contributed by atoms with Gasteiger partial charge in [0.05, 0.1) is 43.1 Å². The van der Waals surface area contributed by atoms with E-state index in [0.29, 0.717) is 44.4 Å². The summed E-state index contributed by atoms with van der Waals surface area (Å²) < 4.78 is 38.5. The Hall–Kier alpha value is -4.97. The van der Waals surface area contributed by atoms with Crippen molar-refractivity contribution in [3.63, 3.8) is 0 Å². The number of ether oxygens (including phenoxy) is 4. The van der Waals surface area contributed by atoms with E-state index < -0.39 is 95.4 Å². The van der Waals surface area contributed by atoms with E-state index in [0.717, 1.165) is 24.5 Å². The van der Waals surface area contributed by atoms with E-state index in [2.05, 4.69) is 5.32 Å². The summed E-state index contributed by atoms with van der Waals surface area (Å²) in [5.74, 6) is -4.77. The predicted octanol–water partition coefficient (Wildman–Crippen LogP) is 3.20. The van der Waals surface area contributed by atoms with Gasteiger partial charge in [-0.05, 0) is 81.9 Å². The van der Waals surface area contributed by atoms with E-state index in [1.807, 2.05) is 24.8 Å². The Kier molecular flexibility index (Phi) is 11.9. The third-order valence-corrected chi connectivity index (χ3v) is 14.9. The third kappa shape index (κ3) is 7.88. The van der Waals surface area contributed by atoms with Crippen molar-refractivity contribution >= 4 is 46.1 Å². The van der Waals surface area contributed by atoms with E-state index in [9.17, 15) is 44.1 Å². The zero-order chi connectivity index (χ0) is 45.2. The summed E-state index contributed by atoms with van der Waals surface area (Å²) in [7, 11) is 1.40. The summed E-state index contributed by atoms with van der Waals surface area (Å²) in [5, 5.41) is 37.3. The second kappa shape index (κ2) is 16.9. The molecule has 1 aliphatic heterocycles. The normalized spacial score (nSPS) is 31.6. The van der Waals surface area contributed by atoms with Gasteiger partial charge in [0.25, 0.3) is 0 Å². The molecule has 4 N–H and O–H groups in total. The number of piperazine rings is 1. The number of carbonyl (C=O) groups excluding carboxylic acids is 5. The van der Waals surface area contributed by atoms with Gasteiger partial charge in [-0.25, -0.2) is 9.18 Å². The first kappa shape index (κ1) is 44.6. The lowest BCUT2D eigenvalue weighted by molar-refractivity contribution is -0.181. The summed E-state index contributed by atoms with van der Waals surface area (Å²) in [5.41, 5.74) is -3.02. The van der Waals surface area contributed by atoms with Crippen LogP contribution in [0.1, 0.15) is 95.0 Å². The molecule has 0 spiro atoms. The molecule has 1 aromatic heterocycles. The second-order valence-corrected chi connectivity index (χ2v) is 18.8. The van der Waals surface area contributed by atoms with Crippen LogP contribution in [-0.4, -0.2) is 113 Å². The van der Waals surface area contributed by atoms with E-state index in [1.54, 1.807) is 23.6 Å². The molecular weight excluding hydrogens is 822 g/mol. The monoisotopic (exact) mass is 877 g/mol. The molecule has 0 amide bonds. The van der Waals surface area contributed by atoms with Gasteiger partial charge in [0.15, 0.2) is 24.0 Å². The van der Waals surface area contributed by atoms with Crippen molar-refractivity contribution in [2.24, 2.45) is 28.6 Å². The molecule has 6 aliphatic rings. The molecule has 16 nitrogen and oxygen atoms in total. The molecule has 2 heterocycles. The van der Waals surface area contributed by atoms with E-state index in [4.69, 9.17) is 18.9 Å². The van der Waals surface area contributed by atoms with Gasteiger partial charge in [0.1, 0.15) is 16.9 Å². The van der Waals surface area contributed by atoms with Crippen molar-refractivity contribution < 1.29 is 62.6 Å². The minimum absolute atomic E-state index is 0.0142. The highest BCUT2D eigenvalue weighted by atomic mass is 19.1.